The Hall–Kier alpha value is -0.940. The molecule has 3 N–H and O–H groups in total. The van der Waals surface area contributed by atoms with Crippen molar-refractivity contribution in [3.63, 3.8) is 0 Å². The summed E-state index contributed by atoms with van der Waals surface area (Å²) in [6.45, 7) is 2.01. The van der Waals surface area contributed by atoms with Crippen molar-refractivity contribution < 1.29 is 4.39 Å². The molecule has 106 valence electrons. The van der Waals surface area contributed by atoms with E-state index >= 15 is 0 Å². The molecule has 0 aliphatic heterocycles. The van der Waals surface area contributed by atoms with Gasteiger partial charge in [0.1, 0.15) is 5.82 Å². The van der Waals surface area contributed by atoms with Crippen LogP contribution >= 0.6 is 27.5 Å². The number of hydrogen-bond acceptors (Lipinski definition) is 2. The highest BCUT2D eigenvalue weighted by molar-refractivity contribution is 9.10. The fourth-order valence-electron chi connectivity index (χ4n) is 2.11. The highest BCUT2D eigenvalue weighted by Gasteiger charge is 2.16. The first kappa shape index (κ1) is 15.4. The fourth-order valence-corrected chi connectivity index (χ4v) is 2.83. The van der Waals surface area contributed by atoms with Crippen LogP contribution in [0.2, 0.25) is 5.02 Å². The van der Waals surface area contributed by atoms with Gasteiger partial charge in [-0.05, 0) is 48.7 Å². The topological polar surface area (TPSA) is 38.0 Å². The Balaban J connectivity index is 2.33. The Morgan fingerprint density at radius 3 is 2.75 bits per heavy atom. The molecule has 2 nitrogen and oxygen atoms in total. The summed E-state index contributed by atoms with van der Waals surface area (Å²) in [6, 6.07) is 10.2. The summed E-state index contributed by atoms with van der Waals surface area (Å²) in [4.78, 5) is 0. The molecule has 0 fully saturated rings. The number of hydrazine groups is 1. The molecule has 0 saturated heterocycles. The Morgan fingerprint density at radius 2 is 2.05 bits per heavy atom. The SMILES string of the molecule is Cc1ccc(Br)c(C(Cc2cc(F)ccc2Cl)NN)c1. The normalized spacial score (nSPS) is 12.4. The highest BCUT2D eigenvalue weighted by atomic mass is 79.9. The van der Waals surface area contributed by atoms with Gasteiger partial charge in [-0.25, -0.2) is 4.39 Å². The van der Waals surface area contributed by atoms with Gasteiger partial charge in [0.2, 0.25) is 0 Å². The van der Waals surface area contributed by atoms with E-state index in [2.05, 4.69) is 21.4 Å². The van der Waals surface area contributed by atoms with Crippen LogP contribution in [-0.4, -0.2) is 0 Å². The van der Waals surface area contributed by atoms with E-state index in [0.29, 0.717) is 11.4 Å². The van der Waals surface area contributed by atoms with Crippen LogP contribution < -0.4 is 11.3 Å². The third-order valence-electron chi connectivity index (χ3n) is 3.16. The quantitative estimate of drug-likeness (QED) is 0.632. The molecule has 1 atom stereocenters. The molecule has 2 aromatic carbocycles. The van der Waals surface area contributed by atoms with Gasteiger partial charge in [0.15, 0.2) is 0 Å². The molecule has 0 aromatic heterocycles. The van der Waals surface area contributed by atoms with Crippen molar-refractivity contribution in [3.05, 3.63) is 68.4 Å². The monoisotopic (exact) mass is 356 g/mol. The number of benzene rings is 2. The van der Waals surface area contributed by atoms with Crippen molar-refractivity contribution in [1.82, 2.24) is 5.43 Å². The lowest BCUT2D eigenvalue weighted by Gasteiger charge is -2.19. The summed E-state index contributed by atoms with van der Waals surface area (Å²) in [7, 11) is 0. The maximum atomic E-state index is 13.3. The predicted molar refractivity (Wildman–Crippen MR) is 84.1 cm³/mol. The number of rotatable bonds is 4. The van der Waals surface area contributed by atoms with Crippen molar-refractivity contribution in [1.29, 1.82) is 0 Å². The third-order valence-corrected chi connectivity index (χ3v) is 4.25. The zero-order chi connectivity index (χ0) is 14.7. The average Bonchev–Trinajstić information content (AvgIpc) is 2.42. The van der Waals surface area contributed by atoms with Crippen molar-refractivity contribution in [2.75, 3.05) is 0 Å². The smallest absolute Gasteiger partial charge is 0.123 e. The van der Waals surface area contributed by atoms with Gasteiger partial charge in [0.05, 0.1) is 6.04 Å². The molecule has 0 amide bonds. The number of halogens is 3. The molecule has 20 heavy (non-hydrogen) atoms. The molecular weight excluding hydrogens is 343 g/mol. The number of hydrogen-bond donors (Lipinski definition) is 2. The second-order valence-corrected chi connectivity index (χ2v) is 5.95. The van der Waals surface area contributed by atoms with E-state index in [-0.39, 0.29) is 11.9 Å². The van der Waals surface area contributed by atoms with E-state index in [0.717, 1.165) is 21.2 Å². The summed E-state index contributed by atoms with van der Waals surface area (Å²) in [5.41, 5.74) is 5.65. The van der Waals surface area contributed by atoms with Crippen molar-refractivity contribution in [2.24, 2.45) is 5.84 Å². The molecule has 0 saturated carbocycles. The van der Waals surface area contributed by atoms with E-state index in [1.807, 2.05) is 25.1 Å². The Bertz CT molecular complexity index is 619. The zero-order valence-electron chi connectivity index (χ0n) is 11.0. The molecule has 0 spiro atoms. The van der Waals surface area contributed by atoms with Crippen molar-refractivity contribution in [2.45, 2.75) is 19.4 Å². The van der Waals surface area contributed by atoms with Gasteiger partial charge in [0.25, 0.3) is 0 Å². The van der Waals surface area contributed by atoms with Crippen molar-refractivity contribution >= 4 is 27.5 Å². The van der Waals surface area contributed by atoms with Gasteiger partial charge in [-0.15, -0.1) is 0 Å². The van der Waals surface area contributed by atoms with Gasteiger partial charge in [-0.2, -0.15) is 0 Å². The molecule has 0 aliphatic carbocycles. The second kappa shape index (κ2) is 6.68. The number of nitrogens with one attached hydrogen (secondary N) is 1. The molecular formula is C15H15BrClFN2. The standard InChI is InChI=1S/C15H15BrClFN2/c1-9-2-4-13(16)12(6-9)15(20-19)8-10-7-11(18)3-5-14(10)17/h2-7,15,20H,8,19H2,1H3. The number of aryl methyl sites for hydroxylation is 1. The summed E-state index contributed by atoms with van der Waals surface area (Å²) >= 11 is 9.62. The maximum Gasteiger partial charge on any atom is 0.123 e. The Kier molecular flexibility index (Phi) is 5.16. The predicted octanol–water partition coefficient (Wildman–Crippen LogP) is 4.30. The molecule has 2 rings (SSSR count). The van der Waals surface area contributed by atoms with Gasteiger partial charge in [-0.3, -0.25) is 11.3 Å². The molecule has 0 aliphatic rings. The molecule has 0 heterocycles. The average molecular weight is 358 g/mol. The van der Waals surface area contributed by atoms with E-state index in [1.165, 1.54) is 12.1 Å². The van der Waals surface area contributed by atoms with Crippen LogP contribution in [0, 0.1) is 12.7 Å². The van der Waals surface area contributed by atoms with E-state index < -0.39 is 0 Å². The highest BCUT2D eigenvalue weighted by Crippen LogP contribution is 2.29. The largest absolute Gasteiger partial charge is 0.271 e. The van der Waals surface area contributed by atoms with Gasteiger partial charge in [-0.1, -0.05) is 45.2 Å². The first-order chi connectivity index (χ1) is 9.51. The lowest BCUT2D eigenvalue weighted by atomic mass is 9.98. The third kappa shape index (κ3) is 3.58. The fraction of sp³-hybridized carbons (Fsp3) is 0.200. The minimum atomic E-state index is -0.302. The Morgan fingerprint density at radius 1 is 1.30 bits per heavy atom. The summed E-state index contributed by atoms with van der Waals surface area (Å²) in [5, 5.41) is 0.537. The first-order valence-corrected chi connectivity index (χ1v) is 7.34. The van der Waals surface area contributed by atoms with E-state index in [1.54, 1.807) is 6.07 Å². The van der Waals surface area contributed by atoms with Crippen LogP contribution in [0.25, 0.3) is 0 Å². The van der Waals surface area contributed by atoms with E-state index in [9.17, 15) is 4.39 Å². The minimum Gasteiger partial charge on any atom is -0.271 e. The first-order valence-electron chi connectivity index (χ1n) is 6.17. The van der Waals surface area contributed by atoms with Crippen molar-refractivity contribution in [3.8, 4) is 0 Å². The summed E-state index contributed by atoms with van der Waals surface area (Å²) < 4.78 is 14.3. The Labute approximate surface area is 131 Å². The molecule has 2 aromatic rings. The van der Waals surface area contributed by atoms with Gasteiger partial charge >= 0.3 is 0 Å². The molecule has 0 bridgehead atoms. The lowest BCUT2D eigenvalue weighted by molar-refractivity contribution is 0.546. The zero-order valence-corrected chi connectivity index (χ0v) is 13.3. The molecule has 0 radical (unpaired) electrons. The van der Waals surface area contributed by atoms with Gasteiger partial charge < -0.3 is 0 Å². The van der Waals surface area contributed by atoms with Crippen LogP contribution in [0.4, 0.5) is 4.39 Å². The molecule has 5 heteroatoms. The lowest BCUT2D eigenvalue weighted by Crippen LogP contribution is -2.30. The summed E-state index contributed by atoms with van der Waals surface area (Å²) in [5.74, 6) is 5.35. The summed E-state index contributed by atoms with van der Waals surface area (Å²) in [6.07, 6.45) is 0.509. The van der Waals surface area contributed by atoms with Crippen LogP contribution in [0.15, 0.2) is 40.9 Å². The van der Waals surface area contributed by atoms with E-state index in [4.69, 9.17) is 17.4 Å². The second-order valence-electron chi connectivity index (χ2n) is 4.68. The number of nitrogens with two attached hydrogens (primary N) is 1. The molecule has 1 unspecified atom stereocenters. The van der Waals surface area contributed by atoms with Gasteiger partial charge in [0, 0.05) is 9.50 Å². The van der Waals surface area contributed by atoms with Crippen LogP contribution in [0.1, 0.15) is 22.7 Å². The van der Waals surface area contributed by atoms with Crippen LogP contribution in [-0.2, 0) is 6.42 Å². The maximum absolute atomic E-state index is 13.3. The minimum absolute atomic E-state index is 0.149. The van der Waals surface area contributed by atoms with Crippen LogP contribution in [0.5, 0.6) is 0 Å². The van der Waals surface area contributed by atoms with Crippen LogP contribution in [0.3, 0.4) is 0 Å².